The lowest BCUT2D eigenvalue weighted by molar-refractivity contribution is 0.517. The van der Waals surface area contributed by atoms with E-state index in [1.54, 1.807) is 0 Å². The van der Waals surface area contributed by atoms with Crippen molar-refractivity contribution in [1.29, 1.82) is 0 Å². The van der Waals surface area contributed by atoms with Gasteiger partial charge >= 0.3 is 0 Å². The lowest BCUT2D eigenvalue weighted by Gasteiger charge is -2.11. The predicted octanol–water partition coefficient (Wildman–Crippen LogP) is 3.06. The first kappa shape index (κ1) is 14.9. The standard InChI is InChI=1S/C13H30N2/c1-3-5-6-7-8-9-11-15-12-13(14)10-4-2/h13,15H,3-12,14H2,1-2H3. The molecule has 0 aliphatic rings. The van der Waals surface area contributed by atoms with E-state index in [1.165, 1.54) is 44.9 Å². The van der Waals surface area contributed by atoms with Gasteiger partial charge in [0, 0.05) is 12.6 Å². The maximum absolute atomic E-state index is 5.90. The lowest BCUT2D eigenvalue weighted by atomic mass is 10.1. The molecule has 92 valence electrons. The predicted molar refractivity (Wildman–Crippen MR) is 69.1 cm³/mol. The van der Waals surface area contributed by atoms with Crippen LogP contribution in [0.15, 0.2) is 0 Å². The Morgan fingerprint density at radius 1 is 0.933 bits per heavy atom. The van der Waals surface area contributed by atoms with Gasteiger partial charge in [-0.3, -0.25) is 0 Å². The summed E-state index contributed by atoms with van der Waals surface area (Å²) in [4.78, 5) is 0. The van der Waals surface area contributed by atoms with Gasteiger partial charge in [0.05, 0.1) is 0 Å². The average Bonchev–Trinajstić information content (AvgIpc) is 2.22. The van der Waals surface area contributed by atoms with Crippen molar-refractivity contribution < 1.29 is 0 Å². The molecule has 0 amide bonds. The van der Waals surface area contributed by atoms with Gasteiger partial charge in [0.1, 0.15) is 0 Å². The quantitative estimate of drug-likeness (QED) is 0.519. The van der Waals surface area contributed by atoms with E-state index in [0.717, 1.165) is 19.5 Å². The molecule has 0 aromatic carbocycles. The third-order valence-corrected chi connectivity index (χ3v) is 2.77. The summed E-state index contributed by atoms with van der Waals surface area (Å²) in [6, 6.07) is 0.357. The van der Waals surface area contributed by atoms with Gasteiger partial charge in [-0.15, -0.1) is 0 Å². The number of rotatable bonds is 11. The number of hydrogen-bond acceptors (Lipinski definition) is 2. The first-order valence-electron chi connectivity index (χ1n) is 6.77. The number of nitrogens with one attached hydrogen (secondary N) is 1. The number of nitrogens with two attached hydrogens (primary N) is 1. The van der Waals surface area contributed by atoms with Crippen LogP contribution in [0.5, 0.6) is 0 Å². The fourth-order valence-electron chi connectivity index (χ4n) is 1.79. The van der Waals surface area contributed by atoms with Crippen molar-refractivity contribution in [2.24, 2.45) is 5.73 Å². The van der Waals surface area contributed by atoms with Gasteiger partial charge in [0.2, 0.25) is 0 Å². The maximum Gasteiger partial charge on any atom is 0.0165 e. The highest BCUT2D eigenvalue weighted by Crippen LogP contribution is 2.04. The first-order chi connectivity index (χ1) is 7.31. The minimum absolute atomic E-state index is 0.357. The number of unbranched alkanes of at least 4 members (excludes halogenated alkanes) is 5. The van der Waals surface area contributed by atoms with Crippen LogP contribution >= 0.6 is 0 Å². The van der Waals surface area contributed by atoms with Gasteiger partial charge in [0.15, 0.2) is 0 Å². The Kier molecular flexibility index (Phi) is 11.9. The van der Waals surface area contributed by atoms with Crippen LogP contribution in [0.4, 0.5) is 0 Å². The Hall–Kier alpha value is -0.0800. The third-order valence-electron chi connectivity index (χ3n) is 2.77. The molecule has 2 heteroatoms. The van der Waals surface area contributed by atoms with Crippen LogP contribution in [0.1, 0.15) is 65.2 Å². The molecule has 0 saturated carbocycles. The van der Waals surface area contributed by atoms with Crippen molar-refractivity contribution in [3.63, 3.8) is 0 Å². The normalized spacial score (nSPS) is 13.0. The molecular formula is C13H30N2. The summed E-state index contributed by atoms with van der Waals surface area (Å²) in [5.74, 6) is 0. The van der Waals surface area contributed by atoms with E-state index in [-0.39, 0.29) is 0 Å². The van der Waals surface area contributed by atoms with Crippen LogP contribution in [0, 0.1) is 0 Å². The van der Waals surface area contributed by atoms with Gasteiger partial charge in [-0.05, 0) is 19.4 Å². The van der Waals surface area contributed by atoms with Crippen LogP contribution in [0.25, 0.3) is 0 Å². The van der Waals surface area contributed by atoms with Gasteiger partial charge in [-0.2, -0.15) is 0 Å². The second-order valence-electron chi connectivity index (χ2n) is 4.52. The van der Waals surface area contributed by atoms with Crippen molar-refractivity contribution in [2.45, 2.75) is 71.3 Å². The molecule has 0 aliphatic carbocycles. The van der Waals surface area contributed by atoms with Crippen molar-refractivity contribution in [2.75, 3.05) is 13.1 Å². The largest absolute Gasteiger partial charge is 0.327 e. The second-order valence-corrected chi connectivity index (χ2v) is 4.52. The highest BCUT2D eigenvalue weighted by molar-refractivity contribution is 4.63. The maximum atomic E-state index is 5.90. The SMILES string of the molecule is CCCCCCCCNCC(N)CCC. The summed E-state index contributed by atoms with van der Waals surface area (Å²) < 4.78 is 0. The molecule has 1 unspecified atom stereocenters. The Morgan fingerprint density at radius 2 is 1.60 bits per heavy atom. The molecule has 3 N–H and O–H groups in total. The van der Waals surface area contributed by atoms with E-state index < -0.39 is 0 Å². The van der Waals surface area contributed by atoms with E-state index in [1.807, 2.05) is 0 Å². The Bertz CT molecular complexity index is 115. The first-order valence-corrected chi connectivity index (χ1v) is 6.77. The molecule has 0 saturated heterocycles. The minimum atomic E-state index is 0.357. The minimum Gasteiger partial charge on any atom is -0.327 e. The fraction of sp³-hybridized carbons (Fsp3) is 1.00. The topological polar surface area (TPSA) is 38.0 Å². The van der Waals surface area contributed by atoms with Crippen molar-refractivity contribution in [1.82, 2.24) is 5.32 Å². The average molecular weight is 214 g/mol. The lowest BCUT2D eigenvalue weighted by Crippen LogP contribution is -2.34. The molecule has 0 aromatic heterocycles. The van der Waals surface area contributed by atoms with Crippen LogP contribution in [0.2, 0.25) is 0 Å². The monoisotopic (exact) mass is 214 g/mol. The van der Waals surface area contributed by atoms with Crippen molar-refractivity contribution >= 4 is 0 Å². The summed E-state index contributed by atoms with van der Waals surface area (Å²) in [6.07, 6.45) is 10.6. The van der Waals surface area contributed by atoms with E-state index >= 15 is 0 Å². The van der Waals surface area contributed by atoms with Gasteiger partial charge in [-0.25, -0.2) is 0 Å². The van der Waals surface area contributed by atoms with Gasteiger partial charge in [-0.1, -0.05) is 52.4 Å². The zero-order valence-corrected chi connectivity index (χ0v) is 10.7. The van der Waals surface area contributed by atoms with E-state index in [4.69, 9.17) is 5.73 Å². The van der Waals surface area contributed by atoms with Gasteiger partial charge < -0.3 is 11.1 Å². The molecular weight excluding hydrogens is 184 g/mol. The van der Waals surface area contributed by atoms with E-state index in [0.29, 0.717) is 6.04 Å². The molecule has 0 aromatic rings. The molecule has 0 radical (unpaired) electrons. The van der Waals surface area contributed by atoms with Crippen LogP contribution in [-0.2, 0) is 0 Å². The zero-order valence-electron chi connectivity index (χ0n) is 10.7. The molecule has 0 spiro atoms. The smallest absolute Gasteiger partial charge is 0.0165 e. The molecule has 0 heterocycles. The molecule has 0 aliphatic heterocycles. The summed E-state index contributed by atoms with van der Waals surface area (Å²) in [5, 5.41) is 3.44. The van der Waals surface area contributed by atoms with Gasteiger partial charge in [0.25, 0.3) is 0 Å². The van der Waals surface area contributed by atoms with Crippen LogP contribution < -0.4 is 11.1 Å². The van der Waals surface area contributed by atoms with Crippen molar-refractivity contribution in [3.8, 4) is 0 Å². The summed E-state index contributed by atoms with van der Waals surface area (Å²) >= 11 is 0. The third kappa shape index (κ3) is 11.8. The Labute approximate surface area is 96.0 Å². The molecule has 15 heavy (non-hydrogen) atoms. The van der Waals surface area contributed by atoms with Crippen LogP contribution in [-0.4, -0.2) is 19.1 Å². The second kappa shape index (κ2) is 12.0. The zero-order chi connectivity index (χ0) is 11.4. The molecule has 0 rings (SSSR count). The Balaban J connectivity index is 2.98. The van der Waals surface area contributed by atoms with Crippen LogP contribution in [0.3, 0.4) is 0 Å². The van der Waals surface area contributed by atoms with Crippen molar-refractivity contribution in [3.05, 3.63) is 0 Å². The van der Waals surface area contributed by atoms with E-state index in [9.17, 15) is 0 Å². The van der Waals surface area contributed by atoms with E-state index in [2.05, 4.69) is 19.2 Å². The highest BCUT2D eigenvalue weighted by atomic mass is 14.9. The fourth-order valence-corrected chi connectivity index (χ4v) is 1.79. The summed E-state index contributed by atoms with van der Waals surface area (Å²) in [5.41, 5.74) is 5.90. The summed E-state index contributed by atoms with van der Waals surface area (Å²) in [7, 11) is 0. The Morgan fingerprint density at radius 3 is 2.27 bits per heavy atom. The molecule has 2 nitrogen and oxygen atoms in total. The molecule has 0 fully saturated rings. The number of hydrogen-bond donors (Lipinski definition) is 2. The highest BCUT2D eigenvalue weighted by Gasteiger charge is 1.98. The summed E-state index contributed by atoms with van der Waals surface area (Å²) in [6.45, 7) is 6.58. The molecule has 0 bridgehead atoms. The molecule has 1 atom stereocenters.